The van der Waals surface area contributed by atoms with Crippen molar-refractivity contribution >= 4 is 12.0 Å². The lowest BCUT2D eigenvalue weighted by molar-refractivity contribution is -0.143. The quantitative estimate of drug-likeness (QED) is 0.746. The maximum absolute atomic E-state index is 12.7. The number of esters is 1. The van der Waals surface area contributed by atoms with Gasteiger partial charge in [0.2, 0.25) is 0 Å². The number of hydrogen-bond donors (Lipinski definition) is 1. The van der Waals surface area contributed by atoms with Crippen LogP contribution in [0.3, 0.4) is 0 Å². The summed E-state index contributed by atoms with van der Waals surface area (Å²) in [7, 11) is 1.63. The van der Waals surface area contributed by atoms with Crippen LogP contribution in [0, 0.1) is 0 Å². The summed E-state index contributed by atoms with van der Waals surface area (Å²) in [6.07, 6.45) is -0.250. The molecule has 3 rings (SSSR count). The number of amides is 2. The zero-order valence-corrected chi connectivity index (χ0v) is 17.1. The highest BCUT2D eigenvalue weighted by molar-refractivity contribution is 5.95. The number of carbonyl (C=O) groups is 2. The van der Waals surface area contributed by atoms with E-state index in [1.165, 1.54) is 4.90 Å². The highest BCUT2D eigenvalue weighted by Crippen LogP contribution is 2.31. The van der Waals surface area contributed by atoms with Gasteiger partial charge in [-0.2, -0.15) is 0 Å². The van der Waals surface area contributed by atoms with Crippen LogP contribution < -0.4 is 10.1 Å². The maximum Gasteiger partial charge on any atom is 0.338 e. The number of rotatable bonds is 6. The summed E-state index contributed by atoms with van der Waals surface area (Å²) < 4.78 is 11.2. The van der Waals surface area contributed by atoms with Crippen molar-refractivity contribution in [1.29, 1.82) is 0 Å². The van der Waals surface area contributed by atoms with Gasteiger partial charge in [-0.25, -0.2) is 9.59 Å². The second-order valence-corrected chi connectivity index (χ2v) is 7.24. The Morgan fingerprint density at radius 1 is 1.10 bits per heavy atom. The SMILES string of the molecule is CC1=C(C(=O)OC(C)C)C(c2ccc(OCc3ccccc3)cc2)NC(=O)N1C. The molecular weight excluding hydrogens is 368 g/mol. The molecular formula is C23H26N2O4. The Bertz CT molecular complexity index is 904. The van der Waals surface area contributed by atoms with Gasteiger partial charge in [0, 0.05) is 12.7 Å². The molecule has 1 aliphatic rings. The third-order valence-corrected chi connectivity index (χ3v) is 4.78. The van der Waals surface area contributed by atoms with Gasteiger partial charge < -0.3 is 19.7 Å². The van der Waals surface area contributed by atoms with Gasteiger partial charge in [0.25, 0.3) is 0 Å². The first-order valence-electron chi connectivity index (χ1n) is 9.59. The molecule has 0 radical (unpaired) electrons. The van der Waals surface area contributed by atoms with E-state index in [4.69, 9.17) is 9.47 Å². The molecule has 0 bridgehead atoms. The Morgan fingerprint density at radius 2 is 1.76 bits per heavy atom. The van der Waals surface area contributed by atoms with Gasteiger partial charge in [-0.1, -0.05) is 42.5 Å². The molecule has 1 unspecified atom stereocenters. The molecule has 1 N–H and O–H groups in total. The first kappa shape index (κ1) is 20.5. The van der Waals surface area contributed by atoms with Crippen molar-refractivity contribution in [3.8, 4) is 5.75 Å². The topological polar surface area (TPSA) is 67.9 Å². The number of carbonyl (C=O) groups excluding carboxylic acids is 2. The molecule has 0 saturated heterocycles. The zero-order valence-electron chi connectivity index (χ0n) is 17.1. The van der Waals surface area contributed by atoms with Crippen LogP contribution in [-0.2, 0) is 16.1 Å². The Hall–Kier alpha value is -3.28. The Morgan fingerprint density at radius 3 is 2.38 bits per heavy atom. The number of benzene rings is 2. The van der Waals surface area contributed by atoms with Crippen molar-refractivity contribution in [2.75, 3.05) is 7.05 Å². The molecule has 1 atom stereocenters. The Kier molecular flexibility index (Phi) is 6.22. The largest absolute Gasteiger partial charge is 0.489 e. The molecule has 29 heavy (non-hydrogen) atoms. The van der Waals surface area contributed by atoms with Crippen LogP contribution in [0.1, 0.15) is 37.9 Å². The van der Waals surface area contributed by atoms with E-state index in [0.29, 0.717) is 23.6 Å². The van der Waals surface area contributed by atoms with E-state index in [1.54, 1.807) is 27.8 Å². The van der Waals surface area contributed by atoms with Crippen LogP contribution in [0.5, 0.6) is 5.75 Å². The molecule has 1 heterocycles. The van der Waals surface area contributed by atoms with Gasteiger partial charge in [0.05, 0.1) is 17.7 Å². The summed E-state index contributed by atoms with van der Waals surface area (Å²) in [6.45, 7) is 5.82. The molecule has 152 valence electrons. The monoisotopic (exact) mass is 394 g/mol. The fourth-order valence-corrected chi connectivity index (χ4v) is 3.12. The smallest absolute Gasteiger partial charge is 0.338 e. The molecule has 1 aliphatic heterocycles. The maximum atomic E-state index is 12.7. The van der Waals surface area contributed by atoms with Crippen LogP contribution >= 0.6 is 0 Å². The van der Waals surface area contributed by atoms with Crippen LogP contribution in [-0.4, -0.2) is 30.1 Å². The van der Waals surface area contributed by atoms with Crippen molar-refractivity contribution in [3.05, 3.63) is 77.0 Å². The molecule has 6 nitrogen and oxygen atoms in total. The molecule has 0 fully saturated rings. The highest BCUT2D eigenvalue weighted by atomic mass is 16.5. The minimum absolute atomic E-state index is 0.250. The van der Waals surface area contributed by atoms with E-state index < -0.39 is 12.0 Å². The van der Waals surface area contributed by atoms with Crippen molar-refractivity contribution < 1.29 is 19.1 Å². The zero-order chi connectivity index (χ0) is 21.0. The van der Waals surface area contributed by atoms with E-state index in [1.807, 2.05) is 54.6 Å². The summed E-state index contributed by atoms with van der Waals surface area (Å²) >= 11 is 0. The molecule has 0 aromatic heterocycles. The molecule has 6 heteroatoms. The number of nitrogens with one attached hydrogen (secondary N) is 1. The summed E-state index contributed by atoms with van der Waals surface area (Å²) in [5.41, 5.74) is 2.87. The predicted molar refractivity (Wildman–Crippen MR) is 110 cm³/mol. The Balaban J connectivity index is 1.81. The molecule has 2 aromatic rings. The van der Waals surface area contributed by atoms with Gasteiger partial charge in [-0.3, -0.25) is 0 Å². The lowest BCUT2D eigenvalue weighted by atomic mass is 9.95. The third kappa shape index (κ3) is 4.77. The van der Waals surface area contributed by atoms with Gasteiger partial charge in [-0.15, -0.1) is 0 Å². The molecule has 2 amide bonds. The van der Waals surface area contributed by atoms with E-state index in [0.717, 1.165) is 11.1 Å². The minimum atomic E-state index is -0.576. The van der Waals surface area contributed by atoms with E-state index in [-0.39, 0.29) is 12.1 Å². The number of urea groups is 1. The predicted octanol–water partition coefficient (Wildman–Crippen LogP) is 4.19. The summed E-state index contributed by atoms with van der Waals surface area (Å²) in [5, 5.41) is 2.88. The fraction of sp³-hybridized carbons (Fsp3) is 0.304. The highest BCUT2D eigenvalue weighted by Gasteiger charge is 2.35. The molecule has 0 spiro atoms. The first-order chi connectivity index (χ1) is 13.9. The minimum Gasteiger partial charge on any atom is -0.489 e. The van der Waals surface area contributed by atoms with Crippen molar-refractivity contribution in [2.45, 2.75) is 39.5 Å². The summed E-state index contributed by atoms with van der Waals surface area (Å²) in [4.78, 5) is 26.4. The van der Waals surface area contributed by atoms with Gasteiger partial charge in [0.15, 0.2) is 0 Å². The number of nitrogens with zero attached hydrogens (tertiary/aromatic N) is 1. The average Bonchev–Trinajstić information content (AvgIpc) is 2.70. The summed E-state index contributed by atoms with van der Waals surface area (Å²) in [5.74, 6) is 0.280. The number of hydrogen-bond acceptors (Lipinski definition) is 4. The standard InChI is InChI=1S/C23H26N2O4/c1-15(2)29-22(26)20-16(3)25(4)23(27)24-21(20)18-10-12-19(13-11-18)28-14-17-8-6-5-7-9-17/h5-13,15,21H,14H2,1-4H3,(H,24,27). The van der Waals surface area contributed by atoms with Crippen LogP contribution in [0.25, 0.3) is 0 Å². The Labute approximate surface area is 171 Å². The van der Waals surface area contributed by atoms with Crippen molar-refractivity contribution in [2.24, 2.45) is 0 Å². The molecule has 0 saturated carbocycles. The number of allylic oxidation sites excluding steroid dienone is 1. The van der Waals surface area contributed by atoms with Crippen LogP contribution in [0.15, 0.2) is 65.9 Å². The third-order valence-electron chi connectivity index (χ3n) is 4.78. The molecule has 0 aliphatic carbocycles. The fourth-order valence-electron chi connectivity index (χ4n) is 3.12. The summed E-state index contributed by atoms with van der Waals surface area (Å²) in [6, 6.07) is 16.4. The van der Waals surface area contributed by atoms with Gasteiger partial charge >= 0.3 is 12.0 Å². The van der Waals surface area contributed by atoms with E-state index >= 15 is 0 Å². The second-order valence-electron chi connectivity index (χ2n) is 7.24. The van der Waals surface area contributed by atoms with Crippen molar-refractivity contribution in [1.82, 2.24) is 10.2 Å². The van der Waals surface area contributed by atoms with E-state index in [2.05, 4.69) is 5.32 Å². The van der Waals surface area contributed by atoms with Gasteiger partial charge in [-0.05, 0) is 44.0 Å². The van der Waals surface area contributed by atoms with E-state index in [9.17, 15) is 9.59 Å². The van der Waals surface area contributed by atoms with Crippen LogP contribution in [0.4, 0.5) is 4.79 Å². The molecule has 2 aromatic carbocycles. The lowest BCUT2D eigenvalue weighted by Gasteiger charge is -2.33. The van der Waals surface area contributed by atoms with Gasteiger partial charge in [0.1, 0.15) is 12.4 Å². The van der Waals surface area contributed by atoms with Crippen molar-refractivity contribution in [3.63, 3.8) is 0 Å². The number of ether oxygens (including phenoxy) is 2. The normalized spacial score (nSPS) is 16.7. The lowest BCUT2D eigenvalue weighted by Crippen LogP contribution is -2.46. The first-order valence-corrected chi connectivity index (χ1v) is 9.59. The average molecular weight is 394 g/mol. The second kappa shape index (κ2) is 8.82. The van der Waals surface area contributed by atoms with Crippen LogP contribution in [0.2, 0.25) is 0 Å².